The number of amides is 1. The monoisotopic (exact) mass is 435 g/mol. The van der Waals surface area contributed by atoms with Gasteiger partial charge in [-0.05, 0) is 42.3 Å². The van der Waals surface area contributed by atoms with Gasteiger partial charge in [0.2, 0.25) is 5.91 Å². The van der Waals surface area contributed by atoms with Crippen LogP contribution in [0.3, 0.4) is 0 Å². The average Bonchev–Trinajstić information content (AvgIpc) is 3.48. The van der Waals surface area contributed by atoms with Crippen LogP contribution in [0.4, 0.5) is 0 Å². The van der Waals surface area contributed by atoms with Crippen LogP contribution < -0.4 is 5.32 Å². The Morgan fingerprint density at radius 2 is 1.79 bits per heavy atom. The number of hydrogen-bond acceptors (Lipinski definition) is 3. The maximum absolute atomic E-state index is 12.8. The van der Waals surface area contributed by atoms with E-state index in [2.05, 4.69) is 69.4 Å². The fourth-order valence-electron chi connectivity index (χ4n) is 4.34. The third-order valence-corrected chi connectivity index (χ3v) is 5.89. The van der Waals surface area contributed by atoms with E-state index in [0.29, 0.717) is 6.54 Å². The van der Waals surface area contributed by atoms with Crippen molar-refractivity contribution >= 4 is 33.8 Å². The number of carbonyl (C=O) groups excluding carboxylic acids is 1. The van der Waals surface area contributed by atoms with E-state index in [9.17, 15) is 4.79 Å². The second kappa shape index (κ2) is 9.12. The van der Waals surface area contributed by atoms with Gasteiger partial charge in [0.05, 0.1) is 12.6 Å². The quantitative estimate of drug-likeness (QED) is 0.367. The number of aryl methyl sites for hydroxylation is 1. The van der Waals surface area contributed by atoms with Crippen LogP contribution >= 0.6 is 0 Å². The first-order valence-corrected chi connectivity index (χ1v) is 11.1. The van der Waals surface area contributed by atoms with Gasteiger partial charge in [0.15, 0.2) is 0 Å². The fourth-order valence-corrected chi connectivity index (χ4v) is 4.34. The molecule has 1 N–H and O–H groups in total. The lowest BCUT2D eigenvalue weighted by Crippen LogP contribution is -2.30. The van der Waals surface area contributed by atoms with E-state index in [1.807, 2.05) is 36.4 Å². The lowest BCUT2D eigenvalue weighted by molar-refractivity contribution is -0.117. The molecule has 5 rings (SSSR count). The molecule has 0 aliphatic rings. The van der Waals surface area contributed by atoms with Crippen molar-refractivity contribution in [1.29, 1.82) is 0 Å². The molecule has 6 nitrogen and oxygen atoms in total. The number of fused-ring (bicyclic) bond motifs is 3. The van der Waals surface area contributed by atoms with Gasteiger partial charge in [0.1, 0.15) is 12.7 Å². The van der Waals surface area contributed by atoms with Crippen LogP contribution in [-0.4, -0.2) is 25.2 Å². The number of nitrogens with one attached hydrogen (secondary N) is 1. The second-order valence-corrected chi connectivity index (χ2v) is 7.96. The molecule has 33 heavy (non-hydrogen) atoms. The molecule has 1 amide bonds. The molecule has 2 heterocycles. The molecule has 5 aromatic rings. The van der Waals surface area contributed by atoms with Crippen molar-refractivity contribution in [3.63, 3.8) is 0 Å². The van der Waals surface area contributed by atoms with Crippen molar-refractivity contribution in [3.05, 3.63) is 103 Å². The van der Waals surface area contributed by atoms with Gasteiger partial charge in [-0.15, -0.1) is 0 Å². The largest absolute Gasteiger partial charge is 0.344 e. The first-order chi connectivity index (χ1) is 16.2. The van der Waals surface area contributed by atoms with Crippen LogP contribution in [0, 0.1) is 0 Å². The van der Waals surface area contributed by atoms with Gasteiger partial charge < -0.3 is 9.88 Å². The Kier molecular flexibility index (Phi) is 5.72. The number of hydrogen-bond donors (Lipinski definition) is 1. The lowest BCUT2D eigenvalue weighted by Gasteiger charge is -2.18. The van der Waals surface area contributed by atoms with Gasteiger partial charge in [-0.25, -0.2) is 4.98 Å². The third kappa shape index (κ3) is 4.28. The van der Waals surface area contributed by atoms with Gasteiger partial charge in [-0.1, -0.05) is 54.6 Å². The van der Waals surface area contributed by atoms with Crippen molar-refractivity contribution in [2.24, 2.45) is 0 Å². The summed E-state index contributed by atoms with van der Waals surface area (Å²) in [6, 6.07) is 24.5. The molecule has 1 atom stereocenters. The summed E-state index contributed by atoms with van der Waals surface area (Å²) in [5.41, 5.74) is 4.44. The average molecular weight is 436 g/mol. The molecule has 164 valence electrons. The Morgan fingerprint density at radius 3 is 2.58 bits per heavy atom. The van der Waals surface area contributed by atoms with E-state index >= 15 is 0 Å². The number of nitrogens with zero attached hydrogens (tertiary/aromatic N) is 4. The number of aromatic nitrogens is 4. The van der Waals surface area contributed by atoms with Gasteiger partial charge in [-0.3, -0.25) is 9.48 Å². The molecule has 0 aliphatic carbocycles. The highest BCUT2D eigenvalue weighted by atomic mass is 16.1. The van der Waals surface area contributed by atoms with Crippen molar-refractivity contribution in [3.8, 4) is 0 Å². The Morgan fingerprint density at radius 1 is 1.00 bits per heavy atom. The Bertz CT molecular complexity index is 1420. The Balaban J connectivity index is 1.39. The summed E-state index contributed by atoms with van der Waals surface area (Å²) >= 11 is 0. The number of para-hydroxylation sites is 1. The van der Waals surface area contributed by atoms with E-state index in [1.54, 1.807) is 17.1 Å². The fraction of sp³-hybridized carbons (Fsp3) is 0.148. The van der Waals surface area contributed by atoms with Crippen LogP contribution in [0.1, 0.15) is 24.1 Å². The minimum absolute atomic E-state index is 0.153. The van der Waals surface area contributed by atoms with Crippen molar-refractivity contribution < 1.29 is 4.79 Å². The molecule has 0 bridgehead atoms. The van der Waals surface area contributed by atoms with Gasteiger partial charge in [-0.2, -0.15) is 5.10 Å². The smallest absolute Gasteiger partial charge is 0.244 e. The highest BCUT2D eigenvalue weighted by Crippen LogP contribution is 2.30. The predicted octanol–water partition coefficient (Wildman–Crippen LogP) is 4.98. The van der Waals surface area contributed by atoms with Crippen molar-refractivity contribution in [2.75, 3.05) is 0 Å². The molecular weight excluding hydrogens is 410 g/mol. The van der Waals surface area contributed by atoms with E-state index in [0.717, 1.165) is 17.7 Å². The third-order valence-electron chi connectivity index (χ3n) is 5.89. The van der Waals surface area contributed by atoms with Crippen LogP contribution in [-0.2, 0) is 17.9 Å². The highest BCUT2D eigenvalue weighted by molar-refractivity contribution is 6.08. The maximum atomic E-state index is 12.8. The first-order valence-electron chi connectivity index (χ1n) is 11.1. The topological polar surface area (TPSA) is 64.7 Å². The molecular formula is C27H25N5O. The van der Waals surface area contributed by atoms with Crippen LogP contribution in [0.5, 0.6) is 0 Å². The lowest BCUT2D eigenvalue weighted by atomic mass is 10.1. The zero-order valence-electron chi connectivity index (χ0n) is 18.4. The summed E-state index contributed by atoms with van der Waals surface area (Å²) in [6.07, 6.45) is 6.61. The number of carbonyl (C=O) groups is 1. The minimum atomic E-state index is -0.213. The summed E-state index contributed by atoms with van der Waals surface area (Å²) in [7, 11) is 0. The van der Waals surface area contributed by atoms with Gasteiger partial charge in [0.25, 0.3) is 0 Å². The standard InChI is InChI=1S/C27H25N5O/c1-2-32-25-11-7-6-10-22(25)23-16-20(12-14-26(23)32)13-15-27(33)30-24(17-31-19-28-18-29-31)21-8-4-3-5-9-21/h3-16,18-19,24H,2,17H2,1H3,(H,30,33)/b15-13+. The Hall–Kier alpha value is -4.19. The van der Waals surface area contributed by atoms with E-state index in [1.165, 1.54) is 28.1 Å². The molecule has 0 aliphatic heterocycles. The maximum Gasteiger partial charge on any atom is 0.244 e. The van der Waals surface area contributed by atoms with E-state index in [4.69, 9.17) is 0 Å². The molecule has 2 aromatic heterocycles. The SMILES string of the molecule is CCn1c2ccccc2c2cc(/C=C/C(=O)NC(Cn3cncn3)c3ccccc3)ccc21. The minimum Gasteiger partial charge on any atom is -0.344 e. The molecule has 0 radical (unpaired) electrons. The van der Waals surface area contributed by atoms with Gasteiger partial charge >= 0.3 is 0 Å². The van der Waals surface area contributed by atoms with E-state index < -0.39 is 0 Å². The molecule has 0 fully saturated rings. The molecule has 6 heteroatoms. The predicted molar refractivity (Wildman–Crippen MR) is 131 cm³/mol. The van der Waals surface area contributed by atoms with Crippen molar-refractivity contribution in [1.82, 2.24) is 24.6 Å². The summed E-state index contributed by atoms with van der Waals surface area (Å²) < 4.78 is 4.04. The van der Waals surface area contributed by atoms with Crippen LogP contribution in [0.2, 0.25) is 0 Å². The molecule has 1 unspecified atom stereocenters. The Labute approximate surface area is 192 Å². The first kappa shape index (κ1) is 20.7. The number of rotatable bonds is 7. The van der Waals surface area contributed by atoms with E-state index in [-0.39, 0.29) is 11.9 Å². The van der Waals surface area contributed by atoms with Gasteiger partial charge in [0, 0.05) is 34.4 Å². The number of benzene rings is 3. The molecule has 3 aromatic carbocycles. The second-order valence-electron chi connectivity index (χ2n) is 7.96. The zero-order valence-corrected chi connectivity index (χ0v) is 18.4. The molecule has 0 spiro atoms. The summed E-state index contributed by atoms with van der Waals surface area (Å²) in [5.74, 6) is -0.153. The summed E-state index contributed by atoms with van der Waals surface area (Å²) in [6.45, 7) is 3.58. The van der Waals surface area contributed by atoms with Crippen LogP contribution in [0.25, 0.3) is 27.9 Å². The summed E-state index contributed by atoms with van der Waals surface area (Å²) in [5, 5.41) is 9.71. The molecule has 0 saturated carbocycles. The van der Waals surface area contributed by atoms with Crippen molar-refractivity contribution in [2.45, 2.75) is 26.1 Å². The highest BCUT2D eigenvalue weighted by Gasteiger charge is 2.14. The zero-order chi connectivity index (χ0) is 22.6. The summed E-state index contributed by atoms with van der Waals surface area (Å²) in [4.78, 5) is 16.8. The molecule has 0 saturated heterocycles. The van der Waals surface area contributed by atoms with Crippen LogP contribution in [0.15, 0.2) is 91.5 Å². The normalized spacial score (nSPS) is 12.5.